The molecule has 3 heterocycles. The largest absolute Gasteiger partial charge is 0.353 e. The summed E-state index contributed by atoms with van der Waals surface area (Å²) in [6.45, 7) is 6.41. The van der Waals surface area contributed by atoms with Crippen molar-refractivity contribution in [3.63, 3.8) is 0 Å². The van der Waals surface area contributed by atoms with Crippen LogP contribution >= 0.6 is 27.3 Å². The first kappa shape index (κ1) is 21.3. The normalized spacial score (nSPS) is 20.2. The molecule has 1 aromatic carbocycles. The third kappa shape index (κ3) is 3.90. The van der Waals surface area contributed by atoms with Crippen molar-refractivity contribution < 1.29 is 8.42 Å². The second-order valence-electron chi connectivity index (χ2n) is 8.47. The molecule has 9 heteroatoms. The maximum absolute atomic E-state index is 13.1. The lowest BCUT2D eigenvalue weighted by Gasteiger charge is -2.35. The molecule has 1 saturated heterocycles. The van der Waals surface area contributed by atoms with Crippen molar-refractivity contribution in [3.8, 4) is 0 Å². The molecule has 164 valence electrons. The molecule has 1 aliphatic carbocycles. The van der Waals surface area contributed by atoms with Gasteiger partial charge in [0.15, 0.2) is 0 Å². The number of hydrogen-bond acceptors (Lipinski definition) is 6. The zero-order chi connectivity index (χ0) is 21.8. The minimum Gasteiger partial charge on any atom is -0.353 e. The number of aryl methyl sites for hydroxylation is 2. The summed E-state index contributed by atoms with van der Waals surface area (Å²) in [5.74, 6) is 2.47. The first-order valence-corrected chi connectivity index (χ1v) is 13.7. The molecule has 1 atom stereocenters. The lowest BCUT2D eigenvalue weighted by atomic mass is 9.89. The van der Waals surface area contributed by atoms with Gasteiger partial charge in [-0.3, -0.25) is 0 Å². The molecule has 1 aliphatic heterocycles. The number of aromatic nitrogens is 2. The fraction of sp³-hybridized carbons (Fsp3) is 0.455. The molecule has 6 nitrogen and oxygen atoms in total. The maximum Gasteiger partial charge on any atom is 0.243 e. The zero-order valence-electron chi connectivity index (χ0n) is 17.6. The van der Waals surface area contributed by atoms with E-state index in [1.165, 1.54) is 22.2 Å². The zero-order valence-corrected chi connectivity index (χ0v) is 20.9. The van der Waals surface area contributed by atoms with E-state index < -0.39 is 10.0 Å². The standard InChI is InChI=1S/C22H25BrN4O2S2/c1-14-3-8-18-19(13-14)30-22-20(18)21(24-15(2)25-22)26-9-11-27(12-10-26)31(28,29)17-6-4-16(23)5-7-17/h4-7,14H,3,8-13H2,1-2H3. The molecule has 31 heavy (non-hydrogen) atoms. The minimum absolute atomic E-state index is 0.338. The Bertz CT molecular complexity index is 1230. The van der Waals surface area contributed by atoms with Crippen LogP contribution in [0, 0.1) is 12.8 Å². The summed E-state index contributed by atoms with van der Waals surface area (Å²) in [7, 11) is -3.49. The average Bonchev–Trinajstić information content (AvgIpc) is 3.10. The van der Waals surface area contributed by atoms with Crippen molar-refractivity contribution in [3.05, 3.63) is 45.0 Å². The number of benzene rings is 1. The van der Waals surface area contributed by atoms with Crippen molar-refractivity contribution in [2.75, 3.05) is 31.1 Å². The monoisotopic (exact) mass is 520 g/mol. The molecular formula is C22H25BrN4O2S2. The van der Waals surface area contributed by atoms with E-state index >= 15 is 0 Å². The number of piperazine rings is 1. The molecule has 0 N–H and O–H groups in total. The quantitative estimate of drug-likeness (QED) is 0.512. The first-order chi connectivity index (χ1) is 14.8. The fourth-order valence-electron chi connectivity index (χ4n) is 4.55. The van der Waals surface area contributed by atoms with Gasteiger partial charge in [0.2, 0.25) is 10.0 Å². The summed E-state index contributed by atoms with van der Waals surface area (Å²) < 4.78 is 28.6. The van der Waals surface area contributed by atoms with Crippen molar-refractivity contribution in [2.24, 2.45) is 5.92 Å². The minimum atomic E-state index is -3.49. The van der Waals surface area contributed by atoms with Gasteiger partial charge >= 0.3 is 0 Å². The highest BCUT2D eigenvalue weighted by atomic mass is 79.9. The Balaban J connectivity index is 1.42. The van der Waals surface area contributed by atoms with Crippen LogP contribution in [0.3, 0.4) is 0 Å². The van der Waals surface area contributed by atoms with Crippen molar-refractivity contribution in [2.45, 2.75) is 38.0 Å². The summed E-state index contributed by atoms with van der Waals surface area (Å²) in [6.07, 6.45) is 3.40. The van der Waals surface area contributed by atoms with Gasteiger partial charge in [-0.2, -0.15) is 4.31 Å². The van der Waals surface area contributed by atoms with Gasteiger partial charge < -0.3 is 4.90 Å². The average molecular weight is 522 g/mol. The van der Waals surface area contributed by atoms with Crippen molar-refractivity contribution in [1.82, 2.24) is 14.3 Å². The summed E-state index contributed by atoms with van der Waals surface area (Å²) >= 11 is 5.18. The van der Waals surface area contributed by atoms with E-state index in [0.29, 0.717) is 37.0 Å². The first-order valence-electron chi connectivity index (χ1n) is 10.6. The van der Waals surface area contributed by atoms with E-state index in [4.69, 9.17) is 9.97 Å². The summed E-state index contributed by atoms with van der Waals surface area (Å²) in [5.41, 5.74) is 1.41. The van der Waals surface area contributed by atoms with Crippen LogP contribution in [0.4, 0.5) is 5.82 Å². The number of anilines is 1. The van der Waals surface area contributed by atoms with E-state index in [1.54, 1.807) is 28.6 Å². The van der Waals surface area contributed by atoms with Crippen LogP contribution < -0.4 is 4.90 Å². The van der Waals surface area contributed by atoms with Gasteiger partial charge in [0.1, 0.15) is 16.5 Å². The molecule has 0 amide bonds. The van der Waals surface area contributed by atoms with Crippen LogP contribution in [0.15, 0.2) is 33.6 Å². The van der Waals surface area contributed by atoms with Crippen LogP contribution in [-0.2, 0) is 22.9 Å². The molecule has 2 aliphatic rings. The summed E-state index contributed by atoms with van der Waals surface area (Å²) in [6, 6.07) is 6.84. The lowest BCUT2D eigenvalue weighted by molar-refractivity contribution is 0.384. The molecule has 0 bridgehead atoms. The van der Waals surface area contributed by atoms with Gasteiger partial charge in [0.25, 0.3) is 0 Å². The third-order valence-corrected chi connectivity index (χ3v) is 9.83. The van der Waals surface area contributed by atoms with Gasteiger partial charge in [0, 0.05) is 35.5 Å². The molecule has 0 spiro atoms. The van der Waals surface area contributed by atoms with Crippen LogP contribution in [-0.4, -0.2) is 48.9 Å². The highest BCUT2D eigenvalue weighted by molar-refractivity contribution is 9.10. The topological polar surface area (TPSA) is 66.4 Å². The fourth-order valence-corrected chi connectivity index (χ4v) is 7.66. The number of fused-ring (bicyclic) bond motifs is 3. The summed E-state index contributed by atoms with van der Waals surface area (Å²) in [4.78, 5) is 14.7. The smallest absolute Gasteiger partial charge is 0.243 e. The molecule has 2 aromatic heterocycles. The van der Waals surface area contributed by atoms with E-state index in [0.717, 1.165) is 33.8 Å². The summed E-state index contributed by atoms with van der Waals surface area (Å²) in [5, 5.41) is 1.20. The predicted molar refractivity (Wildman–Crippen MR) is 128 cm³/mol. The van der Waals surface area contributed by atoms with E-state index in [-0.39, 0.29) is 0 Å². The third-order valence-electron chi connectivity index (χ3n) is 6.24. The number of rotatable bonds is 3. The highest BCUT2D eigenvalue weighted by Gasteiger charge is 2.31. The molecule has 1 fully saturated rings. The van der Waals surface area contributed by atoms with Gasteiger partial charge in [-0.15, -0.1) is 11.3 Å². The van der Waals surface area contributed by atoms with Crippen LogP contribution in [0.5, 0.6) is 0 Å². The number of thiophene rings is 1. The molecule has 1 unspecified atom stereocenters. The molecule has 3 aromatic rings. The van der Waals surface area contributed by atoms with Crippen molar-refractivity contribution >= 4 is 53.3 Å². The maximum atomic E-state index is 13.1. The van der Waals surface area contributed by atoms with Crippen LogP contribution in [0.1, 0.15) is 29.6 Å². The van der Waals surface area contributed by atoms with Gasteiger partial charge in [-0.05, 0) is 61.9 Å². The van der Waals surface area contributed by atoms with Gasteiger partial charge in [-0.25, -0.2) is 18.4 Å². The highest BCUT2D eigenvalue weighted by Crippen LogP contribution is 2.41. The number of halogens is 1. The Morgan fingerprint density at radius 3 is 2.52 bits per heavy atom. The van der Waals surface area contributed by atoms with E-state index in [2.05, 4.69) is 27.8 Å². The number of nitrogens with zero attached hydrogens (tertiary/aromatic N) is 4. The Labute approximate surface area is 195 Å². The Hall–Kier alpha value is -1.55. The molecule has 0 radical (unpaired) electrons. The molecule has 5 rings (SSSR count). The van der Waals surface area contributed by atoms with E-state index in [1.807, 2.05) is 18.3 Å². The SMILES string of the molecule is Cc1nc(N2CCN(S(=O)(=O)c3ccc(Br)cc3)CC2)c2c3c(sc2n1)CC(C)CC3. The Morgan fingerprint density at radius 2 is 1.81 bits per heavy atom. The van der Waals surface area contributed by atoms with Crippen LogP contribution in [0.2, 0.25) is 0 Å². The number of sulfonamides is 1. The van der Waals surface area contributed by atoms with Gasteiger partial charge in [-0.1, -0.05) is 22.9 Å². The van der Waals surface area contributed by atoms with Crippen LogP contribution in [0.25, 0.3) is 10.2 Å². The molecular weight excluding hydrogens is 496 g/mol. The Morgan fingerprint density at radius 1 is 1.10 bits per heavy atom. The second-order valence-corrected chi connectivity index (χ2v) is 12.4. The Kier molecular flexibility index (Phi) is 5.57. The predicted octanol–water partition coefficient (Wildman–Crippen LogP) is 4.40. The van der Waals surface area contributed by atoms with E-state index in [9.17, 15) is 8.42 Å². The van der Waals surface area contributed by atoms with Crippen molar-refractivity contribution in [1.29, 1.82) is 0 Å². The number of hydrogen-bond donors (Lipinski definition) is 0. The van der Waals surface area contributed by atoms with Gasteiger partial charge in [0.05, 0.1) is 10.3 Å². The second kappa shape index (κ2) is 8.10. The molecule has 0 saturated carbocycles. The lowest BCUT2D eigenvalue weighted by Crippen LogP contribution is -2.49.